The summed E-state index contributed by atoms with van der Waals surface area (Å²) in [5.74, 6) is -1.14. The number of carbonyl (C=O) groups is 3. The molecule has 1 atom stereocenters. The average molecular weight is 563 g/mol. The summed E-state index contributed by atoms with van der Waals surface area (Å²) in [7, 11) is 1.56. The quantitative estimate of drug-likeness (QED) is 0.163. The Balaban J connectivity index is 1.36. The number of benzene rings is 5. The van der Waals surface area contributed by atoms with Crippen LogP contribution in [0.2, 0.25) is 0 Å². The van der Waals surface area contributed by atoms with Gasteiger partial charge in [-0.2, -0.15) is 0 Å². The molecule has 0 fully saturated rings. The lowest BCUT2D eigenvalue weighted by atomic mass is 9.98. The van der Waals surface area contributed by atoms with Crippen LogP contribution in [-0.4, -0.2) is 30.0 Å². The van der Waals surface area contributed by atoms with Crippen LogP contribution in [0.4, 0.5) is 11.4 Å². The lowest BCUT2D eigenvalue weighted by Crippen LogP contribution is -2.19. The van der Waals surface area contributed by atoms with Crippen molar-refractivity contribution in [1.29, 1.82) is 0 Å². The van der Waals surface area contributed by atoms with Crippen LogP contribution in [0.5, 0.6) is 5.75 Å². The van der Waals surface area contributed by atoms with Gasteiger partial charge in [-0.1, -0.05) is 66.7 Å². The number of aromatic carboxylic acids is 1. The van der Waals surface area contributed by atoms with Crippen molar-refractivity contribution in [2.45, 2.75) is 10.1 Å². The normalized spacial score (nSPS) is 11.4. The average Bonchev–Trinajstić information content (AvgIpc) is 3.00. The highest BCUT2D eigenvalue weighted by atomic mass is 32.2. The molecule has 5 rings (SSSR count). The van der Waals surface area contributed by atoms with Crippen molar-refractivity contribution in [3.63, 3.8) is 0 Å². The molecule has 1 unspecified atom stereocenters. The first-order valence-electron chi connectivity index (χ1n) is 12.8. The maximum absolute atomic E-state index is 13.5. The summed E-state index contributed by atoms with van der Waals surface area (Å²) < 4.78 is 5.38. The number of thioether (sulfide) groups is 1. The van der Waals surface area contributed by atoms with E-state index in [1.165, 1.54) is 17.8 Å². The molecule has 7 nitrogen and oxygen atoms in total. The summed E-state index contributed by atoms with van der Waals surface area (Å²) >= 11 is 1.38. The summed E-state index contributed by atoms with van der Waals surface area (Å²) in [4.78, 5) is 39.3. The third-order valence-corrected chi connectivity index (χ3v) is 7.72. The van der Waals surface area contributed by atoms with Gasteiger partial charge < -0.3 is 20.5 Å². The smallest absolute Gasteiger partial charge is 0.336 e. The largest absolute Gasteiger partial charge is 0.495 e. The number of methoxy groups -OCH3 is 1. The molecule has 2 amide bonds. The van der Waals surface area contributed by atoms with E-state index in [0.717, 1.165) is 10.5 Å². The van der Waals surface area contributed by atoms with E-state index in [9.17, 15) is 19.5 Å². The van der Waals surface area contributed by atoms with Crippen LogP contribution < -0.4 is 15.4 Å². The predicted octanol–water partition coefficient (Wildman–Crippen LogP) is 7.27. The minimum Gasteiger partial charge on any atom is -0.495 e. The number of ether oxygens (including phenoxy) is 1. The van der Waals surface area contributed by atoms with E-state index in [1.807, 2.05) is 54.6 Å². The van der Waals surface area contributed by atoms with E-state index in [2.05, 4.69) is 10.6 Å². The number of rotatable bonds is 9. The number of carboxylic acids is 1. The Kier molecular flexibility index (Phi) is 8.31. The summed E-state index contributed by atoms with van der Waals surface area (Å²) in [6.45, 7) is 0. The van der Waals surface area contributed by atoms with Gasteiger partial charge in [0.1, 0.15) is 11.0 Å². The van der Waals surface area contributed by atoms with E-state index in [1.54, 1.807) is 61.7 Å². The molecule has 0 heterocycles. The third-order valence-electron chi connectivity index (χ3n) is 6.45. The van der Waals surface area contributed by atoms with Gasteiger partial charge in [0.05, 0.1) is 18.4 Å². The maximum atomic E-state index is 13.5. The second-order valence-electron chi connectivity index (χ2n) is 9.09. The Morgan fingerprint density at radius 1 is 0.732 bits per heavy atom. The predicted molar refractivity (Wildman–Crippen MR) is 162 cm³/mol. The summed E-state index contributed by atoms with van der Waals surface area (Å²) in [6.07, 6.45) is 0. The Morgan fingerprint density at radius 2 is 1.39 bits per heavy atom. The van der Waals surface area contributed by atoms with E-state index >= 15 is 0 Å². The van der Waals surface area contributed by atoms with Gasteiger partial charge >= 0.3 is 5.97 Å². The van der Waals surface area contributed by atoms with Crippen LogP contribution in [0.15, 0.2) is 120 Å². The van der Waals surface area contributed by atoms with Gasteiger partial charge in [-0.15, -0.1) is 11.8 Å². The Hall–Kier alpha value is -5.08. The van der Waals surface area contributed by atoms with E-state index < -0.39 is 17.1 Å². The molecule has 0 radical (unpaired) electrons. The van der Waals surface area contributed by atoms with Gasteiger partial charge in [0.2, 0.25) is 5.91 Å². The summed E-state index contributed by atoms with van der Waals surface area (Å²) in [5.41, 5.74) is 2.31. The molecule has 3 N–H and O–H groups in total. The molecule has 0 aromatic heterocycles. The molecule has 204 valence electrons. The zero-order valence-corrected chi connectivity index (χ0v) is 22.9. The van der Waals surface area contributed by atoms with Gasteiger partial charge in [0.15, 0.2) is 0 Å². The zero-order valence-electron chi connectivity index (χ0n) is 22.0. The molecule has 0 saturated carbocycles. The monoisotopic (exact) mass is 562 g/mol. The molecule has 41 heavy (non-hydrogen) atoms. The highest BCUT2D eigenvalue weighted by Gasteiger charge is 2.23. The second-order valence-corrected chi connectivity index (χ2v) is 10.3. The minimum absolute atomic E-state index is 0.0679. The first-order chi connectivity index (χ1) is 19.9. The molecule has 5 aromatic carbocycles. The summed E-state index contributed by atoms with van der Waals surface area (Å²) in [6, 6.07) is 33.9. The topological polar surface area (TPSA) is 105 Å². The van der Waals surface area contributed by atoms with Crippen molar-refractivity contribution in [2.24, 2.45) is 0 Å². The van der Waals surface area contributed by atoms with Gasteiger partial charge in [-0.05, 0) is 59.5 Å². The molecule has 0 aliphatic carbocycles. The van der Waals surface area contributed by atoms with E-state index in [-0.39, 0.29) is 17.0 Å². The first-order valence-corrected chi connectivity index (χ1v) is 13.6. The van der Waals surface area contributed by atoms with Crippen LogP contribution >= 0.6 is 11.8 Å². The van der Waals surface area contributed by atoms with Gasteiger partial charge in [0.25, 0.3) is 5.91 Å². The van der Waals surface area contributed by atoms with Crippen molar-refractivity contribution in [2.75, 3.05) is 17.7 Å². The molecular formula is C33H26N2O5S. The highest BCUT2D eigenvalue weighted by Crippen LogP contribution is 2.37. The van der Waals surface area contributed by atoms with E-state index in [4.69, 9.17) is 4.74 Å². The third kappa shape index (κ3) is 6.23. The first kappa shape index (κ1) is 27.5. The van der Waals surface area contributed by atoms with Crippen molar-refractivity contribution >= 4 is 51.7 Å². The molecule has 0 aliphatic heterocycles. The zero-order chi connectivity index (χ0) is 28.8. The molecule has 0 bridgehead atoms. The Bertz CT molecular complexity index is 1720. The summed E-state index contributed by atoms with van der Waals surface area (Å²) in [5, 5.41) is 16.0. The fourth-order valence-corrected chi connectivity index (χ4v) is 5.53. The Labute approximate surface area is 241 Å². The fraction of sp³-hybridized carbons (Fsp3) is 0.0606. The second kappa shape index (κ2) is 12.4. The van der Waals surface area contributed by atoms with Crippen LogP contribution in [0, 0.1) is 0 Å². The van der Waals surface area contributed by atoms with Crippen molar-refractivity contribution in [1.82, 2.24) is 0 Å². The molecule has 5 aromatic rings. The molecular weight excluding hydrogens is 536 g/mol. The number of hydrogen-bond donors (Lipinski definition) is 3. The lowest BCUT2D eigenvalue weighted by Gasteiger charge is -2.18. The number of anilines is 2. The molecule has 0 saturated heterocycles. The van der Waals surface area contributed by atoms with E-state index in [0.29, 0.717) is 27.9 Å². The number of nitrogens with one attached hydrogen (secondary N) is 2. The van der Waals surface area contributed by atoms with Crippen molar-refractivity contribution < 1.29 is 24.2 Å². The Morgan fingerprint density at radius 3 is 2.07 bits per heavy atom. The van der Waals surface area contributed by atoms with Gasteiger partial charge in [-0.25, -0.2) is 4.79 Å². The van der Waals surface area contributed by atoms with Gasteiger partial charge in [-0.3, -0.25) is 9.59 Å². The number of carboxylic acid groups (broad SMARTS) is 1. The lowest BCUT2D eigenvalue weighted by molar-refractivity contribution is -0.115. The number of hydrogen-bond acceptors (Lipinski definition) is 5. The number of para-hydroxylation sites is 2. The van der Waals surface area contributed by atoms with Crippen molar-refractivity contribution in [3.05, 3.63) is 132 Å². The van der Waals surface area contributed by atoms with Crippen LogP contribution in [0.1, 0.15) is 31.5 Å². The standard InChI is InChI=1S/C33H26N2O5S/c1-40-28-16-6-5-15-27(28)35-32(37)30(22-9-3-2-4-10-22)41-24-19-17-23(18-20-24)34-31(36)25-13-7-11-21-12-8-14-26(29(21)25)33(38)39/h2-20,30H,1H3,(H,34,36)(H,35,37)(H,38,39). The maximum Gasteiger partial charge on any atom is 0.336 e. The van der Waals surface area contributed by atoms with Gasteiger partial charge in [0, 0.05) is 21.5 Å². The minimum atomic E-state index is -1.10. The molecule has 0 spiro atoms. The highest BCUT2D eigenvalue weighted by molar-refractivity contribution is 8.00. The van der Waals surface area contributed by atoms with Crippen LogP contribution in [0.25, 0.3) is 10.8 Å². The molecule has 0 aliphatic rings. The van der Waals surface area contributed by atoms with Crippen molar-refractivity contribution in [3.8, 4) is 5.75 Å². The fourth-order valence-electron chi connectivity index (χ4n) is 4.51. The van der Waals surface area contributed by atoms with Crippen LogP contribution in [-0.2, 0) is 4.79 Å². The molecule has 8 heteroatoms. The van der Waals surface area contributed by atoms with Crippen LogP contribution in [0.3, 0.4) is 0 Å². The number of fused-ring (bicyclic) bond motifs is 1. The number of amides is 2. The SMILES string of the molecule is COc1ccccc1NC(=O)C(Sc1ccc(NC(=O)c2cccc3cccc(C(=O)O)c23)cc1)c1ccccc1. The number of carbonyl (C=O) groups excluding carboxylic acids is 2.